The average molecular weight is 396 g/mol. The molecule has 1 aliphatic rings. The van der Waals surface area contributed by atoms with Crippen molar-refractivity contribution >= 4 is 17.9 Å². The first-order valence-corrected chi connectivity index (χ1v) is 8.75. The minimum Gasteiger partial charge on any atom is -0.456 e. The second-order valence-electron chi connectivity index (χ2n) is 6.24. The van der Waals surface area contributed by atoms with Gasteiger partial charge < -0.3 is 28.8 Å². The molecule has 0 bridgehead atoms. The molecule has 28 heavy (non-hydrogen) atoms. The summed E-state index contributed by atoms with van der Waals surface area (Å²) >= 11 is 0. The Labute approximate surface area is 162 Å². The Morgan fingerprint density at radius 3 is 1.96 bits per heavy atom. The molecule has 1 heterocycles. The lowest BCUT2D eigenvalue weighted by atomic mass is 9.98. The van der Waals surface area contributed by atoms with Crippen LogP contribution in [0.3, 0.4) is 0 Å². The molecule has 3 unspecified atom stereocenters. The van der Waals surface area contributed by atoms with Crippen LogP contribution >= 0.6 is 0 Å². The van der Waals surface area contributed by atoms with Crippen molar-refractivity contribution in [1.29, 1.82) is 0 Å². The number of carbonyl (C=O) groups is 3. The van der Waals surface area contributed by atoms with Gasteiger partial charge >= 0.3 is 17.9 Å². The number of aliphatic hydroxyl groups excluding tert-OH is 1. The van der Waals surface area contributed by atoms with E-state index in [1.165, 1.54) is 13.8 Å². The van der Waals surface area contributed by atoms with E-state index in [0.717, 1.165) is 12.5 Å². The van der Waals surface area contributed by atoms with Gasteiger partial charge in [0.15, 0.2) is 24.6 Å². The molecule has 9 heteroatoms. The zero-order chi connectivity index (χ0) is 20.7. The molecule has 2 rings (SSSR count). The van der Waals surface area contributed by atoms with Gasteiger partial charge in [-0.15, -0.1) is 0 Å². The highest BCUT2D eigenvalue weighted by Crippen LogP contribution is 2.30. The van der Waals surface area contributed by atoms with E-state index in [0.29, 0.717) is 0 Å². The molecular weight excluding hydrogens is 372 g/mol. The molecule has 0 spiro atoms. The molecule has 1 aromatic rings. The highest BCUT2D eigenvalue weighted by molar-refractivity contribution is 5.68. The first-order chi connectivity index (χ1) is 13.3. The fourth-order valence-corrected chi connectivity index (χ4v) is 2.89. The minimum absolute atomic E-state index is 0.118. The predicted octanol–water partition coefficient (Wildman–Crippen LogP) is 0.716. The third-order valence-corrected chi connectivity index (χ3v) is 3.93. The van der Waals surface area contributed by atoms with Crippen LogP contribution in [0.2, 0.25) is 0 Å². The Morgan fingerprint density at radius 2 is 1.43 bits per heavy atom. The maximum atomic E-state index is 11.6. The summed E-state index contributed by atoms with van der Waals surface area (Å²) in [5.74, 6) is -2.02. The number of benzene rings is 1. The monoisotopic (exact) mass is 396 g/mol. The summed E-state index contributed by atoms with van der Waals surface area (Å²) in [5, 5.41) is 9.68. The second kappa shape index (κ2) is 10.2. The first kappa shape index (κ1) is 21.8. The van der Waals surface area contributed by atoms with E-state index in [1.54, 1.807) is 0 Å². The Kier molecular flexibility index (Phi) is 7.91. The van der Waals surface area contributed by atoms with E-state index < -0.39 is 55.2 Å². The van der Waals surface area contributed by atoms with Gasteiger partial charge in [-0.1, -0.05) is 30.3 Å². The summed E-state index contributed by atoms with van der Waals surface area (Å²) in [5.41, 5.74) is 0.833. The van der Waals surface area contributed by atoms with Crippen LogP contribution in [-0.2, 0) is 44.7 Å². The molecule has 0 aliphatic carbocycles. The maximum absolute atomic E-state index is 11.6. The van der Waals surface area contributed by atoms with Crippen LogP contribution in [0.1, 0.15) is 26.3 Å². The highest BCUT2D eigenvalue weighted by Gasteiger charge is 2.52. The third-order valence-electron chi connectivity index (χ3n) is 3.93. The van der Waals surface area contributed by atoms with E-state index in [2.05, 4.69) is 0 Å². The summed E-state index contributed by atoms with van der Waals surface area (Å²) in [4.78, 5) is 34.7. The van der Waals surface area contributed by atoms with Gasteiger partial charge in [-0.2, -0.15) is 0 Å². The number of ether oxygens (including phenoxy) is 5. The van der Waals surface area contributed by atoms with E-state index in [1.807, 2.05) is 30.3 Å². The summed E-state index contributed by atoms with van der Waals surface area (Å²) < 4.78 is 27.1. The number of hydrogen-bond donors (Lipinski definition) is 1. The average Bonchev–Trinajstić information content (AvgIpc) is 2.63. The van der Waals surface area contributed by atoms with Crippen molar-refractivity contribution in [2.75, 3.05) is 6.61 Å². The fraction of sp³-hybridized carbons (Fsp3) is 0.526. The molecule has 1 fully saturated rings. The van der Waals surface area contributed by atoms with Gasteiger partial charge in [0.05, 0.1) is 13.2 Å². The number of rotatable bonds is 7. The van der Waals surface area contributed by atoms with Gasteiger partial charge in [0.1, 0.15) is 6.10 Å². The van der Waals surface area contributed by atoms with Gasteiger partial charge in [-0.3, -0.25) is 14.4 Å². The van der Waals surface area contributed by atoms with Crippen molar-refractivity contribution in [3.8, 4) is 0 Å². The summed E-state index contributed by atoms with van der Waals surface area (Å²) in [7, 11) is 0. The number of hydrogen-bond acceptors (Lipinski definition) is 9. The van der Waals surface area contributed by atoms with Crippen LogP contribution in [0, 0.1) is 0 Å². The van der Waals surface area contributed by atoms with E-state index in [9.17, 15) is 19.5 Å². The molecule has 0 amide bonds. The predicted molar refractivity (Wildman–Crippen MR) is 93.6 cm³/mol. The van der Waals surface area contributed by atoms with Gasteiger partial charge in [0.25, 0.3) is 0 Å². The third kappa shape index (κ3) is 6.01. The molecule has 0 radical (unpaired) electrons. The Hall–Kier alpha value is -2.49. The lowest BCUT2D eigenvalue weighted by molar-refractivity contribution is -0.310. The molecule has 1 aromatic carbocycles. The SMILES string of the molecule is CC(=O)OC1C(OC(C)=O)[C@H](OC(C)=O)C(CO)O[C@@H]1OCc1ccccc1. The molecule has 9 nitrogen and oxygen atoms in total. The van der Waals surface area contributed by atoms with Gasteiger partial charge in [-0.05, 0) is 5.56 Å². The number of esters is 3. The first-order valence-electron chi connectivity index (χ1n) is 8.75. The van der Waals surface area contributed by atoms with Crippen molar-refractivity contribution in [3.63, 3.8) is 0 Å². The standard InChI is InChI=1S/C19H24O9/c1-11(21)25-16-15(9-20)28-19(24-10-14-7-5-4-6-8-14)18(27-13(3)23)17(16)26-12(2)22/h4-8,15-20H,9-10H2,1-3H3/t15?,16-,17?,18?,19+/m1/s1. The Balaban J connectivity index is 2.29. The van der Waals surface area contributed by atoms with Gasteiger partial charge in [0, 0.05) is 20.8 Å². The quantitative estimate of drug-likeness (QED) is 0.525. The van der Waals surface area contributed by atoms with Crippen LogP contribution in [0.4, 0.5) is 0 Å². The van der Waals surface area contributed by atoms with Crippen molar-refractivity contribution in [2.45, 2.75) is 58.1 Å². The molecule has 0 aromatic heterocycles. The largest absolute Gasteiger partial charge is 0.456 e. The molecule has 154 valence electrons. The number of aliphatic hydroxyl groups is 1. The number of carbonyl (C=O) groups excluding carboxylic acids is 3. The fourth-order valence-electron chi connectivity index (χ4n) is 2.89. The molecule has 1 saturated heterocycles. The maximum Gasteiger partial charge on any atom is 0.303 e. The second-order valence-corrected chi connectivity index (χ2v) is 6.24. The Morgan fingerprint density at radius 1 is 0.893 bits per heavy atom. The molecule has 0 saturated carbocycles. The van der Waals surface area contributed by atoms with E-state index in [-0.39, 0.29) is 6.61 Å². The molecule has 1 aliphatic heterocycles. The lowest BCUT2D eigenvalue weighted by Gasteiger charge is -2.43. The van der Waals surface area contributed by atoms with Crippen molar-refractivity contribution in [1.82, 2.24) is 0 Å². The van der Waals surface area contributed by atoms with Crippen molar-refractivity contribution < 1.29 is 43.2 Å². The summed E-state index contributed by atoms with van der Waals surface area (Å²) in [6.07, 6.45) is -5.78. The molecular formula is C19H24O9. The summed E-state index contributed by atoms with van der Waals surface area (Å²) in [6.45, 7) is 3.09. The minimum atomic E-state index is -1.21. The van der Waals surface area contributed by atoms with Crippen molar-refractivity contribution in [2.24, 2.45) is 0 Å². The van der Waals surface area contributed by atoms with Crippen LogP contribution in [0.15, 0.2) is 30.3 Å². The lowest BCUT2D eigenvalue weighted by Crippen LogP contribution is -2.62. The van der Waals surface area contributed by atoms with E-state index in [4.69, 9.17) is 23.7 Å². The van der Waals surface area contributed by atoms with Gasteiger partial charge in [0.2, 0.25) is 0 Å². The van der Waals surface area contributed by atoms with Gasteiger partial charge in [-0.25, -0.2) is 0 Å². The van der Waals surface area contributed by atoms with Crippen molar-refractivity contribution in [3.05, 3.63) is 35.9 Å². The topological polar surface area (TPSA) is 118 Å². The summed E-state index contributed by atoms with van der Waals surface area (Å²) in [6, 6.07) is 9.18. The Bertz CT molecular complexity index is 675. The van der Waals surface area contributed by atoms with Crippen LogP contribution in [0.5, 0.6) is 0 Å². The van der Waals surface area contributed by atoms with E-state index >= 15 is 0 Å². The highest BCUT2D eigenvalue weighted by atomic mass is 16.7. The van der Waals surface area contributed by atoms with Crippen LogP contribution in [-0.4, -0.2) is 60.3 Å². The normalized spacial score (nSPS) is 26.9. The van der Waals surface area contributed by atoms with Crippen LogP contribution < -0.4 is 0 Å². The smallest absolute Gasteiger partial charge is 0.303 e. The molecule has 5 atom stereocenters. The zero-order valence-corrected chi connectivity index (χ0v) is 15.9. The van der Waals surface area contributed by atoms with Crippen LogP contribution in [0.25, 0.3) is 0 Å². The molecule has 1 N–H and O–H groups in total. The zero-order valence-electron chi connectivity index (χ0n) is 15.9.